The fraction of sp³-hybridized carbons (Fsp3) is 0.462. The Bertz CT molecular complexity index is 369. The molecule has 1 atom stereocenters. The highest BCUT2D eigenvalue weighted by atomic mass is 16.1. The zero-order valence-corrected chi connectivity index (χ0v) is 9.07. The molecule has 0 spiro atoms. The van der Waals surface area contributed by atoms with Gasteiger partial charge in [0.05, 0.1) is 0 Å². The molecule has 2 rings (SSSR count). The number of benzene rings is 1. The molecule has 2 heteroatoms. The van der Waals surface area contributed by atoms with Crippen molar-refractivity contribution in [2.24, 2.45) is 11.7 Å². The maximum absolute atomic E-state index is 11.0. The molecule has 0 bridgehead atoms. The van der Waals surface area contributed by atoms with Gasteiger partial charge in [-0.15, -0.1) is 0 Å². The van der Waals surface area contributed by atoms with Gasteiger partial charge in [-0.2, -0.15) is 0 Å². The normalized spacial score (nSPS) is 17.4. The SMILES string of the molecule is Cc1ccccc1C(CC(N)=O)C1CC1. The van der Waals surface area contributed by atoms with Crippen LogP contribution in [-0.4, -0.2) is 5.91 Å². The summed E-state index contributed by atoms with van der Waals surface area (Å²) in [6.45, 7) is 2.10. The predicted molar refractivity (Wildman–Crippen MR) is 60.5 cm³/mol. The van der Waals surface area contributed by atoms with Crippen LogP contribution in [-0.2, 0) is 4.79 Å². The van der Waals surface area contributed by atoms with Crippen LogP contribution in [0.25, 0.3) is 0 Å². The molecule has 1 aliphatic carbocycles. The Balaban J connectivity index is 2.24. The van der Waals surface area contributed by atoms with Crippen LogP contribution < -0.4 is 5.73 Å². The van der Waals surface area contributed by atoms with Crippen LogP contribution in [0, 0.1) is 12.8 Å². The van der Waals surface area contributed by atoms with Gasteiger partial charge in [-0.3, -0.25) is 4.79 Å². The molecule has 1 fully saturated rings. The van der Waals surface area contributed by atoms with Crippen molar-refractivity contribution in [2.45, 2.75) is 32.1 Å². The lowest BCUT2D eigenvalue weighted by Crippen LogP contribution is -2.17. The molecule has 1 amide bonds. The molecule has 1 aromatic carbocycles. The Hall–Kier alpha value is -1.31. The second-order valence-electron chi connectivity index (χ2n) is 4.47. The first-order chi connectivity index (χ1) is 7.18. The van der Waals surface area contributed by atoms with Gasteiger partial charge in [0.25, 0.3) is 0 Å². The lowest BCUT2D eigenvalue weighted by atomic mass is 9.88. The maximum atomic E-state index is 11.0. The summed E-state index contributed by atoms with van der Waals surface area (Å²) in [4.78, 5) is 11.0. The van der Waals surface area contributed by atoms with Gasteiger partial charge in [0.2, 0.25) is 5.91 Å². The first-order valence-corrected chi connectivity index (χ1v) is 5.52. The summed E-state index contributed by atoms with van der Waals surface area (Å²) in [5.41, 5.74) is 7.89. The fourth-order valence-corrected chi connectivity index (χ4v) is 2.25. The molecule has 0 aromatic heterocycles. The van der Waals surface area contributed by atoms with E-state index >= 15 is 0 Å². The van der Waals surface area contributed by atoms with Crippen molar-refractivity contribution < 1.29 is 4.79 Å². The highest BCUT2D eigenvalue weighted by Gasteiger charge is 2.33. The van der Waals surface area contributed by atoms with Crippen molar-refractivity contribution in [3.8, 4) is 0 Å². The van der Waals surface area contributed by atoms with Crippen molar-refractivity contribution in [1.29, 1.82) is 0 Å². The molecule has 80 valence electrons. The summed E-state index contributed by atoms with van der Waals surface area (Å²) >= 11 is 0. The summed E-state index contributed by atoms with van der Waals surface area (Å²) in [7, 11) is 0. The van der Waals surface area contributed by atoms with Crippen molar-refractivity contribution in [3.63, 3.8) is 0 Å². The highest BCUT2D eigenvalue weighted by molar-refractivity contribution is 5.75. The van der Waals surface area contributed by atoms with Crippen LogP contribution in [0.2, 0.25) is 0 Å². The molecule has 1 unspecified atom stereocenters. The quantitative estimate of drug-likeness (QED) is 0.802. The lowest BCUT2D eigenvalue weighted by Gasteiger charge is -2.17. The van der Waals surface area contributed by atoms with E-state index in [9.17, 15) is 4.79 Å². The number of hydrogen-bond acceptors (Lipinski definition) is 1. The average molecular weight is 203 g/mol. The van der Waals surface area contributed by atoms with Crippen molar-refractivity contribution in [1.82, 2.24) is 0 Å². The standard InChI is InChI=1S/C13H17NO/c1-9-4-2-3-5-11(9)12(8-13(14)15)10-6-7-10/h2-5,10,12H,6-8H2,1H3,(H2,14,15). The molecule has 1 saturated carbocycles. The zero-order valence-electron chi connectivity index (χ0n) is 9.07. The number of primary amides is 1. The summed E-state index contributed by atoms with van der Waals surface area (Å²) < 4.78 is 0. The Kier molecular flexibility index (Phi) is 2.76. The van der Waals surface area contributed by atoms with Crippen molar-refractivity contribution in [2.75, 3.05) is 0 Å². The third-order valence-corrected chi connectivity index (χ3v) is 3.20. The van der Waals surface area contributed by atoms with E-state index in [1.54, 1.807) is 0 Å². The van der Waals surface area contributed by atoms with Crippen LogP contribution in [0.15, 0.2) is 24.3 Å². The van der Waals surface area contributed by atoms with Gasteiger partial charge in [0.15, 0.2) is 0 Å². The van der Waals surface area contributed by atoms with E-state index in [2.05, 4.69) is 19.1 Å². The molecule has 1 aromatic rings. The molecular formula is C13H17NO. The Morgan fingerprint density at radius 2 is 2.13 bits per heavy atom. The van der Waals surface area contributed by atoms with Gasteiger partial charge in [-0.1, -0.05) is 24.3 Å². The minimum Gasteiger partial charge on any atom is -0.370 e. The molecule has 2 N–H and O–H groups in total. The lowest BCUT2D eigenvalue weighted by molar-refractivity contribution is -0.118. The summed E-state index contributed by atoms with van der Waals surface area (Å²) in [6, 6.07) is 8.30. The second-order valence-corrected chi connectivity index (χ2v) is 4.47. The van der Waals surface area contributed by atoms with Gasteiger partial charge < -0.3 is 5.73 Å². The van der Waals surface area contributed by atoms with Crippen LogP contribution in [0.4, 0.5) is 0 Å². The van der Waals surface area contributed by atoms with E-state index in [1.807, 2.05) is 12.1 Å². The summed E-state index contributed by atoms with van der Waals surface area (Å²) in [6.07, 6.45) is 2.98. The molecule has 0 radical (unpaired) electrons. The number of hydrogen-bond donors (Lipinski definition) is 1. The van der Waals surface area contributed by atoms with Gasteiger partial charge in [0, 0.05) is 6.42 Å². The number of aryl methyl sites for hydroxylation is 1. The van der Waals surface area contributed by atoms with Crippen LogP contribution in [0.3, 0.4) is 0 Å². The molecule has 0 aliphatic heterocycles. The maximum Gasteiger partial charge on any atom is 0.218 e. The molecule has 15 heavy (non-hydrogen) atoms. The largest absolute Gasteiger partial charge is 0.370 e. The Labute approximate surface area is 90.5 Å². The number of amides is 1. The van der Waals surface area contributed by atoms with E-state index in [1.165, 1.54) is 24.0 Å². The van der Waals surface area contributed by atoms with E-state index < -0.39 is 0 Å². The number of rotatable bonds is 4. The number of carbonyl (C=O) groups is 1. The van der Waals surface area contributed by atoms with E-state index in [4.69, 9.17) is 5.73 Å². The van der Waals surface area contributed by atoms with Crippen LogP contribution in [0.1, 0.15) is 36.3 Å². The van der Waals surface area contributed by atoms with E-state index in [0.717, 1.165) is 0 Å². The first kappa shape index (κ1) is 10.2. The van der Waals surface area contributed by atoms with Crippen LogP contribution in [0.5, 0.6) is 0 Å². The topological polar surface area (TPSA) is 43.1 Å². The third kappa shape index (κ3) is 2.38. The van der Waals surface area contributed by atoms with Gasteiger partial charge in [-0.25, -0.2) is 0 Å². The molecule has 0 saturated heterocycles. The van der Waals surface area contributed by atoms with Crippen LogP contribution >= 0.6 is 0 Å². The molecule has 0 heterocycles. The Morgan fingerprint density at radius 3 is 2.67 bits per heavy atom. The van der Waals surface area contributed by atoms with Gasteiger partial charge in [-0.05, 0) is 42.7 Å². The summed E-state index contributed by atoms with van der Waals surface area (Å²) in [5.74, 6) is 0.845. The smallest absolute Gasteiger partial charge is 0.218 e. The molecular weight excluding hydrogens is 186 g/mol. The minimum atomic E-state index is -0.185. The zero-order chi connectivity index (χ0) is 10.8. The first-order valence-electron chi connectivity index (χ1n) is 5.52. The second kappa shape index (κ2) is 4.05. The molecule has 1 aliphatic rings. The monoisotopic (exact) mass is 203 g/mol. The number of carbonyl (C=O) groups excluding carboxylic acids is 1. The molecule has 2 nitrogen and oxygen atoms in total. The Morgan fingerprint density at radius 1 is 1.47 bits per heavy atom. The van der Waals surface area contributed by atoms with Crippen molar-refractivity contribution in [3.05, 3.63) is 35.4 Å². The van der Waals surface area contributed by atoms with Gasteiger partial charge >= 0.3 is 0 Å². The van der Waals surface area contributed by atoms with E-state index in [-0.39, 0.29) is 5.91 Å². The average Bonchev–Trinajstić information content (AvgIpc) is 2.98. The minimum absolute atomic E-state index is 0.185. The van der Waals surface area contributed by atoms with E-state index in [0.29, 0.717) is 18.3 Å². The number of nitrogens with two attached hydrogens (primary N) is 1. The fourth-order valence-electron chi connectivity index (χ4n) is 2.25. The third-order valence-electron chi connectivity index (χ3n) is 3.20. The highest BCUT2D eigenvalue weighted by Crippen LogP contribution is 2.45. The van der Waals surface area contributed by atoms with Gasteiger partial charge in [0.1, 0.15) is 0 Å². The predicted octanol–water partition coefficient (Wildman–Crippen LogP) is 2.36. The summed E-state index contributed by atoms with van der Waals surface area (Å²) in [5, 5.41) is 0. The van der Waals surface area contributed by atoms with Crippen molar-refractivity contribution >= 4 is 5.91 Å².